The molecule has 0 spiro atoms. The molecule has 0 heterocycles. The quantitative estimate of drug-likeness (QED) is 0.0226. The van der Waals surface area contributed by atoms with Gasteiger partial charge in [0.1, 0.15) is 11.9 Å². The van der Waals surface area contributed by atoms with E-state index in [1.165, 1.54) is 116 Å². The van der Waals surface area contributed by atoms with Crippen LogP contribution in [0.15, 0.2) is 35.3 Å². The van der Waals surface area contributed by atoms with E-state index < -0.39 is 0 Å². The van der Waals surface area contributed by atoms with Crippen LogP contribution in [0.1, 0.15) is 246 Å². The number of nitrogens with zero attached hydrogens (tertiary/aromatic N) is 3. The van der Waals surface area contributed by atoms with E-state index in [9.17, 15) is 14.9 Å². The fourth-order valence-electron chi connectivity index (χ4n) is 8.49. The number of amidine groups is 1. The Kier molecular flexibility index (Phi) is 41.5. The van der Waals surface area contributed by atoms with Crippen molar-refractivity contribution < 1.29 is 23.8 Å². The van der Waals surface area contributed by atoms with E-state index in [2.05, 4.69) is 42.9 Å². The van der Waals surface area contributed by atoms with Gasteiger partial charge in [0.2, 0.25) is 6.19 Å². The van der Waals surface area contributed by atoms with Gasteiger partial charge in [-0.15, -0.1) is 4.99 Å². The molecule has 0 atom stereocenters. The lowest BCUT2D eigenvalue weighted by Gasteiger charge is -2.22. The molecule has 0 radical (unpaired) electrons. The molecule has 0 aliphatic carbocycles. The van der Waals surface area contributed by atoms with Crippen LogP contribution in [0.2, 0.25) is 0 Å². The molecule has 1 aromatic carbocycles. The Morgan fingerprint density at radius 1 is 0.578 bits per heavy atom. The van der Waals surface area contributed by atoms with Gasteiger partial charge in [0.25, 0.3) is 0 Å². The molecular weight excluding hydrogens is 797 g/mol. The van der Waals surface area contributed by atoms with Crippen molar-refractivity contribution in [3.8, 4) is 11.9 Å². The largest absolute Gasteiger partial charge is 0.466 e. The summed E-state index contributed by atoms with van der Waals surface area (Å²) in [4.78, 5) is 31.7. The van der Waals surface area contributed by atoms with Crippen molar-refractivity contribution in [2.45, 2.75) is 252 Å². The van der Waals surface area contributed by atoms with Gasteiger partial charge in [-0.3, -0.25) is 9.59 Å². The molecule has 9 nitrogen and oxygen atoms in total. The number of hydrogen-bond acceptors (Lipinski definition) is 8. The molecular formula is C55H98N4O5. The van der Waals surface area contributed by atoms with Crippen LogP contribution in [0, 0.1) is 17.4 Å². The maximum atomic E-state index is 12.9. The summed E-state index contributed by atoms with van der Waals surface area (Å²) in [7, 11) is 0. The summed E-state index contributed by atoms with van der Waals surface area (Å²) in [5.41, 5.74) is 0. The third kappa shape index (κ3) is 37.1. The molecule has 368 valence electrons. The Morgan fingerprint density at radius 2 is 1.06 bits per heavy atom. The van der Waals surface area contributed by atoms with E-state index in [0.717, 1.165) is 110 Å². The molecule has 0 aliphatic rings. The number of hydrogen-bond donors (Lipinski definition) is 1. The highest BCUT2D eigenvalue weighted by Gasteiger charge is 2.15. The smallest absolute Gasteiger partial charge is 0.306 e. The Balaban J connectivity index is 2.48. The first-order valence-electron chi connectivity index (χ1n) is 27.0. The zero-order valence-electron chi connectivity index (χ0n) is 42.0. The summed E-state index contributed by atoms with van der Waals surface area (Å²) in [6.45, 7) is 13.3. The highest BCUT2D eigenvalue weighted by atomic mass is 16.5. The lowest BCUT2D eigenvalue weighted by atomic mass is 9.93. The average Bonchev–Trinajstić information content (AvgIpc) is 3.29. The number of aliphatic imine (C=N–C) groups is 1. The van der Waals surface area contributed by atoms with E-state index in [1.807, 2.05) is 36.5 Å². The summed E-state index contributed by atoms with van der Waals surface area (Å²) in [6.07, 6.45) is 40.5. The number of carbonyl (C=O) groups is 2. The highest BCUT2D eigenvalue weighted by Crippen LogP contribution is 2.21. The highest BCUT2D eigenvalue weighted by molar-refractivity contribution is 5.77. The van der Waals surface area contributed by atoms with E-state index in [1.54, 1.807) is 0 Å². The van der Waals surface area contributed by atoms with Gasteiger partial charge in [0, 0.05) is 19.4 Å². The first kappa shape index (κ1) is 58.9. The molecule has 0 aromatic heterocycles. The average molecular weight is 895 g/mol. The molecule has 0 fully saturated rings. The van der Waals surface area contributed by atoms with Gasteiger partial charge in [-0.25, -0.2) is 0 Å². The van der Waals surface area contributed by atoms with Crippen molar-refractivity contribution in [2.24, 2.45) is 10.9 Å². The second-order valence-electron chi connectivity index (χ2n) is 18.5. The Morgan fingerprint density at radius 3 is 1.61 bits per heavy atom. The number of ether oxygens (including phenoxy) is 3. The maximum absolute atomic E-state index is 12.9. The van der Waals surface area contributed by atoms with Gasteiger partial charge in [-0.2, -0.15) is 5.26 Å². The van der Waals surface area contributed by atoms with Crippen LogP contribution >= 0.6 is 0 Å². The molecule has 1 N–H and O–H groups in total. The monoisotopic (exact) mass is 895 g/mol. The zero-order chi connectivity index (χ0) is 46.4. The second kappa shape index (κ2) is 45.1. The maximum Gasteiger partial charge on any atom is 0.306 e. The minimum atomic E-state index is -0.0344. The number of nitrogens with one attached hydrogen (secondary N) is 1. The summed E-state index contributed by atoms with van der Waals surface area (Å²) >= 11 is 0. The third-order valence-corrected chi connectivity index (χ3v) is 12.5. The summed E-state index contributed by atoms with van der Waals surface area (Å²) in [5.74, 6) is 1.30. The number of nitriles is 1. The fourth-order valence-corrected chi connectivity index (χ4v) is 8.49. The van der Waals surface area contributed by atoms with E-state index >= 15 is 0 Å². The molecule has 1 aromatic rings. The SMILES string of the molecule is CCCCCCCCC(CCCCCCCC)OC(=O)CCCCCCCN(CCCCCCCC(=O)OCCC(CCCC)CCCC)CCCN/C(=N/C#N)Oc1ccccc1. The minimum Gasteiger partial charge on any atom is -0.466 e. The second-order valence-corrected chi connectivity index (χ2v) is 18.5. The summed E-state index contributed by atoms with van der Waals surface area (Å²) in [5, 5.41) is 12.4. The van der Waals surface area contributed by atoms with Crippen molar-refractivity contribution in [1.82, 2.24) is 10.2 Å². The lowest BCUT2D eigenvalue weighted by molar-refractivity contribution is -0.150. The van der Waals surface area contributed by atoms with Gasteiger partial charge in [-0.1, -0.05) is 187 Å². The predicted molar refractivity (Wildman–Crippen MR) is 269 cm³/mol. The first-order chi connectivity index (χ1) is 31.4. The molecule has 0 unspecified atom stereocenters. The van der Waals surface area contributed by atoms with Crippen molar-refractivity contribution >= 4 is 18.0 Å². The Hall–Kier alpha value is -3.12. The number of esters is 2. The Bertz CT molecular complexity index is 1250. The molecule has 64 heavy (non-hydrogen) atoms. The fraction of sp³-hybridized carbons (Fsp3) is 0.818. The number of para-hydroxylation sites is 1. The number of unbranched alkanes of at least 4 members (excludes halogenated alkanes) is 20. The number of benzene rings is 1. The molecule has 0 saturated carbocycles. The van der Waals surface area contributed by atoms with Crippen LogP contribution in [-0.4, -0.2) is 61.8 Å². The molecule has 0 saturated heterocycles. The molecule has 0 bridgehead atoms. The summed E-state index contributed by atoms with van der Waals surface area (Å²) < 4.78 is 17.5. The van der Waals surface area contributed by atoms with Crippen LogP contribution in [0.4, 0.5) is 0 Å². The van der Waals surface area contributed by atoms with Gasteiger partial charge in [-0.05, 0) is 102 Å². The van der Waals surface area contributed by atoms with Crippen molar-refractivity contribution in [3.63, 3.8) is 0 Å². The standard InChI is InChI=1S/C55H98N4O5/c1-5-9-13-15-19-26-37-51(38-27-20-16-14-10-6-2)63-54(61)42-31-22-18-24-33-46-59(47-34-44-57-55(58-49-56)64-52-39-28-25-29-40-52)45-32-23-17-21-30-41-53(60)62-48-43-50(35-11-7-3)36-12-8-4/h25,28-29,39-40,50-51H,5-24,26-27,30-38,41-48H2,1-4H3,(H,57,58). The summed E-state index contributed by atoms with van der Waals surface area (Å²) in [6, 6.07) is 9.63. The number of carbonyl (C=O) groups excluding carboxylic acids is 2. The van der Waals surface area contributed by atoms with E-state index in [4.69, 9.17) is 14.2 Å². The van der Waals surface area contributed by atoms with Crippen molar-refractivity contribution in [3.05, 3.63) is 30.3 Å². The predicted octanol–water partition coefficient (Wildman–Crippen LogP) is 15.2. The van der Waals surface area contributed by atoms with Gasteiger partial charge in [0.15, 0.2) is 0 Å². The van der Waals surface area contributed by atoms with E-state index in [-0.39, 0.29) is 24.1 Å². The van der Waals surface area contributed by atoms with Crippen molar-refractivity contribution in [1.29, 1.82) is 5.26 Å². The first-order valence-corrected chi connectivity index (χ1v) is 27.0. The van der Waals surface area contributed by atoms with Gasteiger partial charge in [0.05, 0.1) is 6.61 Å². The lowest BCUT2D eigenvalue weighted by Crippen LogP contribution is -2.33. The van der Waals surface area contributed by atoms with E-state index in [0.29, 0.717) is 37.7 Å². The topological polar surface area (TPSA) is 113 Å². The number of rotatable bonds is 45. The van der Waals surface area contributed by atoms with Crippen LogP contribution in [0.5, 0.6) is 5.75 Å². The van der Waals surface area contributed by atoms with Crippen LogP contribution in [0.25, 0.3) is 0 Å². The normalized spacial score (nSPS) is 11.7. The minimum absolute atomic E-state index is 0.00264. The molecule has 9 heteroatoms. The molecule has 0 amide bonds. The third-order valence-electron chi connectivity index (χ3n) is 12.5. The van der Waals surface area contributed by atoms with Gasteiger partial charge < -0.3 is 24.4 Å². The molecule has 1 rings (SSSR count). The molecule has 0 aliphatic heterocycles. The Labute approximate surface area is 394 Å². The van der Waals surface area contributed by atoms with Crippen molar-refractivity contribution in [2.75, 3.05) is 32.8 Å². The van der Waals surface area contributed by atoms with Crippen LogP contribution in [0.3, 0.4) is 0 Å². The zero-order valence-corrected chi connectivity index (χ0v) is 42.0. The van der Waals surface area contributed by atoms with Crippen LogP contribution < -0.4 is 10.1 Å². The van der Waals surface area contributed by atoms with Crippen LogP contribution in [-0.2, 0) is 19.1 Å². The van der Waals surface area contributed by atoms with Gasteiger partial charge >= 0.3 is 18.0 Å².